The summed E-state index contributed by atoms with van der Waals surface area (Å²) in [4.78, 5) is 37.6. The summed E-state index contributed by atoms with van der Waals surface area (Å²) >= 11 is 0. The molecule has 0 radical (unpaired) electrons. The number of carbonyl (C=O) groups excluding carboxylic acids is 2. The molecule has 2 unspecified atom stereocenters. The van der Waals surface area contributed by atoms with Crippen molar-refractivity contribution in [2.45, 2.75) is 51.1 Å². The number of aliphatic carboxylic acids is 1. The van der Waals surface area contributed by atoms with Crippen molar-refractivity contribution in [1.29, 1.82) is 0 Å². The molecule has 2 rings (SSSR count). The van der Waals surface area contributed by atoms with E-state index in [0.29, 0.717) is 0 Å². The predicted molar refractivity (Wildman–Crippen MR) is 95.9 cm³/mol. The zero-order chi connectivity index (χ0) is 22.9. The molecule has 1 aliphatic rings. The van der Waals surface area contributed by atoms with Gasteiger partial charge in [-0.1, -0.05) is 12.1 Å². The van der Waals surface area contributed by atoms with Crippen molar-refractivity contribution in [2.75, 3.05) is 13.1 Å². The van der Waals surface area contributed by atoms with Crippen LogP contribution in [0.1, 0.15) is 38.8 Å². The zero-order valence-electron chi connectivity index (χ0n) is 16.6. The average molecular weight is 434 g/mol. The Morgan fingerprint density at radius 2 is 1.73 bits per heavy atom. The zero-order valence-corrected chi connectivity index (χ0v) is 16.6. The van der Waals surface area contributed by atoms with Crippen LogP contribution in [0.25, 0.3) is 0 Å². The molecule has 7 nitrogen and oxygen atoms in total. The van der Waals surface area contributed by atoms with E-state index in [9.17, 15) is 37.1 Å². The van der Waals surface area contributed by atoms with Crippen molar-refractivity contribution >= 4 is 18.0 Å². The van der Waals surface area contributed by atoms with Gasteiger partial charge < -0.3 is 19.6 Å². The molecule has 1 fully saturated rings. The summed E-state index contributed by atoms with van der Waals surface area (Å²) in [5, 5.41) is 9.61. The van der Waals surface area contributed by atoms with Crippen LogP contribution in [-0.4, -0.2) is 63.8 Å². The van der Waals surface area contributed by atoms with Crippen molar-refractivity contribution in [2.24, 2.45) is 0 Å². The molecule has 0 spiro atoms. The molecule has 0 saturated carbocycles. The van der Waals surface area contributed by atoms with E-state index in [0.717, 1.165) is 29.2 Å². The first-order valence-electron chi connectivity index (χ1n) is 9.06. The van der Waals surface area contributed by atoms with E-state index in [2.05, 4.69) is 0 Å². The third-order valence-corrected chi connectivity index (χ3v) is 4.38. The van der Waals surface area contributed by atoms with E-state index >= 15 is 0 Å². The largest absolute Gasteiger partial charge is 0.479 e. The molecular formula is C19H22F4N2O5. The van der Waals surface area contributed by atoms with Gasteiger partial charge in [0.1, 0.15) is 11.4 Å². The molecule has 1 aromatic rings. The number of likely N-dealkylation sites (tertiary alicyclic amines) is 1. The Morgan fingerprint density at radius 1 is 1.17 bits per heavy atom. The highest BCUT2D eigenvalue weighted by Crippen LogP contribution is 2.33. The van der Waals surface area contributed by atoms with Gasteiger partial charge >= 0.3 is 24.1 Å². The first-order chi connectivity index (χ1) is 13.7. The first-order valence-corrected chi connectivity index (χ1v) is 9.06. The Balaban J connectivity index is 2.38. The number of hydrogen-bond acceptors (Lipinski definition) is 4. The van der Waals surface area contributed by atoms with E-state index in [1.165, 1.54) is 0 Å². The molecule has 0 aliphatic carbocycles. The highest BCUT2D eigenvalue weighted by molar-refractivity contribution is 5.88. The van der Waals surface area contributed by atoms with E-state index in [1.54, 1.807) is 20.8 Å². The third-order valence-electron chi connectivity index (χ3n) is 4.38. The third kappa shape index (κ3) is 5.61. The van der Waals surface area contributed by atoms with Gasteiger partial charge in [0.15, 0.2) is 6.04 Å². The topological polar surface area (TPSA) is 87.2 Å². The summed E-state index contributed by atoms with van der Waals surface area (Å²) in [6.07, 6.45) is -6.20. The lowest BCUT2D eigenvalue weighted by atomic mass is 10.0. The molecule has 0 bridgehead atoms. The summed E-state index contributed by atoms with van der Waals surface area (Å²) < 4.78 is 58.3. The van der Waals surface area contributed by atoms with Crippen LogP contribution in [0.5, 0.6) is 0 Å². The van der Waals surface area contributed by atoms with Gasteiger partial charge in [-0.15, -0.1) is 0 Å². The minimum atomic E-state index is -5.34. The minimum absolute atomic E-state index is 0.0169. The summed E-state index contributed by atoms with van der Waals surface area (Å²) in [7, 11) is 0. The molecule has 166 valence electrons. The van der Waals surface area contributed by atoms with Gasteiger partial charge in [-0.2, -0.15) is 13.2 Å². The van der Waals surface area contributed by atoms with Crippen molar-refractivity contribution in [3.63, 3.8) is 0 Å². The van der Waals surface area contributed by atoms with Crippen LogP contribution in [0.3, 0.4) is 0 Å². The van der Waals surface area contributed by atoms with Crippen molar-refractivity contribution < 1.29 is 41.8 Å². The molecular weight excluding hydrogens is 412 g/mol. The summed E-state index contributed by atoms with van der Waals surface area (Å²) in [6.45, 7) is 4.51. The molecule has 1 aromatic carbocycles. The Morgan fingerprint density at radius 3 is 2.20 bits per heavy atom. The van der Waals surface area contributed by atoms with Gasteiger partial charge in [0.05, 0.1) is 6.04 Å². The van der Waals surface area contributed by atoms with Crippen LogP contribution < -0.4 is 0 Å². The van der Waals surface area contributed by atoms with Gasteiger partial charge in [0.25, 0.3) is 0 Å². The second-order valence-corrected chi connectivity index (χ2v) is 7.87. The smallest absolute Gasteiger partial charge is 0.471 e. The van der Waals surface area contributed by atoms with Crippen molar-refractivity contribution in [3.05, 3.63) is 35.6 Å². The fraction of sp³-hybridized carbons (Fsp3) is 0.526. The van der Waals surface area contributed by atoms with Crippen LogP contribution in [0, 0.1) is 5.82 Å². The highest BCUT2D eigenvalue weighted by atomic mass is 19.4. The molecule has 1 aliphatic heterocycles. The number of carboxylic acid groups (broad SMARTS) is 1. The fourth-order valence-electron chi connectivity index (χ4n) is 3.17. The average Bonchev–Trinajstić information content (AvgIpc) is 3.07. The Kier molecular flexibility index (Phi) is 6.63. The number of amides is 2. The van der Waals surface area contributed by atoms with Gasteiger partial charge in [0.2, 0.25) is 0 Å². The summed E-state index contributed by atoms with van der Waals surface area (Å²) in [5.41, 5.74) is -1.04. The number of alkyl halides is 3. The van der Waals surface area contributed by atoms with E-state index in [4.69, 9.17) is 4.74 Å². The van der Waals surface area contributed by atoms with Crippen molar-refractivity contribution in [3.8, 4) is 0 Å². The van der Waals surface area contributed by atoms with Crippen LogP contribution in [0.4, 0.5) is 22.4 Å². The molecule has 2 atom stereocenters. The SMILES string of the molecule is CC(C)(C)OC(=O)N1CCC(N(C(=O)C(F)(F)F)C(C(=O)O)c2ccc(F)cc2)C1. The Hall–Kier alpha value is -2.85. The summed E-state index contributed by atoms with van der Waals surface area (Å²) in [5.74, 6) is -4.78. The molecule has 0 aromatic heterocycles. The Labute approximate surface area is 170 Å². The van der Waals surface area contributed by atoms with E-state index in [1.807, 2.05) is 0 Å². The van der Waals surface area contributed by atoms with Crippen LogP contribution in [0.15, 0.2) is 24.3 Å². The second-order valence-electron chi connectivity index (χ2n) is 7.87. The van der Waals surface area contributed by atoms with Gasteiger partial charge in [-0.05, 0) is 44.9 Å². The number of benzene rings is 1. The predicted octanol–water partition coefficient (Wildman–Crippen LogP) is 3.35. The number of carboxylic acids is 1. The lowest BCUT2D eigenvalue weighted by Crippen LogP contribution is -2.52. The number of carbonyl (C=O) groups is 3. The van der Waals surface area contributed by atoms with Gasteiger partial charge in [0, 0.05) is 13.1 Å². The molecule has 1 heterocycles. The van der Waals surface area contributed by atoms with Gasteiger partial charge in [-0.3, -0.25) is 4.79 Å². The molecule has 2 amide bonds. The monoisotopic (exact) mass is 434 g/mol. The fourth-order valence-corrected chi connectivity index (χ4v) is 3.17. The number of ether oxygens (including phenoxy) is 1. The lowest BCUT2D eigenvalue weighted by molar-refractivity contribution is -0.192. The number of hydrogen-bond donors (Lipinski definition) is 1. The van der Waals surface area contributed by atoms with Crippen LogP contribution in [-0.2, 0) is 14.3 Å². The number of rotatable bonds is 4. The maximum absolute atomic E-state index is 13.3. The second kappa shape index (κ2) is 8.49. The first kappa shape index (κ1) is 23.4. The van der Waals surface area contributed by atoms with Crippen molar-refractivity contribution in [1.82, 2.24) is 9.80 Å². The van der Waals surface area contributed by atoms with Gasteiger partial charge in [-0.25, -0.2) is 14.0 Å². The molecule has 11 heteroatoms. The van der Waals surface area contributed by atoms with E-state index < -0.39 is 47.6 Å². The molecule has 30 heavy (non-hydrogen) atoms. The van der Waals surface area contributed by atoms with Crippen LogP contribution >= 0.6 is 0 Å². The molecule has 1 N–H and O–H groups in total. The normalized spacial score (nSPS) is 18.1. The van der Waals surface area contributed by atoms with E-state index in [-0.39, 0.29) is 30.0 Å². The number of nitrogens with zero attached hydrogens (tertiary/aromatic N) is 2. The lowest BCUT2D eigenvalue weighted by Gasteiger charge is -2.35. The molecule has 1 saturated heterocycles. The minimum Gasteiger partial charge on any atom is -0.479 e. The maximum atomic E-state index is 13.3. The number of halogens is 4. The standard InChI is InChI=1S/C19H22F4N2O5/c1-18(2,3)30-17(29)24-9-8-13(10-24)25(16(28)19(21,22)23)14(15(26)27)11-4-6-12(20)7-5-11/h4-7,13-14H,8-10H2,1-3H3,(H,26,27). The Bertz CT molecular complexity index is 805. The summed E-state index contributed by atoms with van der Waals surface area (Å²) in [6, 6.07) is 0.560. The van der Waals surface area contributed by atoms with Crippen LogP contribution in [0.2, 0.25) is 0 Å². The highest BCUT2D eigenvalue weighted by Gasteiger charge is 2.50. The maximum Gasteiger partial charge on any atom is 0.471 e. The quantitative estimate of drug-likeness (QED) is 0.735.